The molecule has 0 aromatic carbocycles. The number of hydrogen-bond donors (Lipinski definition) is 3. The van der Waals surface area contributed by atoms with Crippen LogP contribution in [0.3, 0.4) is 0 Å². The number of anilines is 2. The molecule has 1 amide bonds. The zero-order valence-electron chi connectivity index (χ0n) is 13.2. The van der Waals surface area contributed by atoms with Crippen LogP contribution in [-0.4, -0.2) is 48.7 Å². The summed E-state index contributed by atoms with van der Waals surface area (Å²) >= 11 is 0. The number of carbonyl (C=O) groups excluding carboxylic acids is 1. The Bertz CT molecular complexity index is 453. The molecule has 3 N–H and O–H groups in total. The van der Waals surface area contributed by atoms with Crippen molar-refractivity contribution in [1.29, 1.82) is 0 Å². The number of hydrogen-bond acceptors (Lipinski definition) is 6. The molecule has 0 fully saturated rings. The summed E-state index contributed by atoms with van der Waals surface area (Å²) in [6.45, 7) is 7.65. The van der Waals surface area contributed by atoms with Crippen LogP contribution in [0.2, 0.25) is 0 Å². The highest BCUT2D eigenvalue weighted by Gasteiger charge is 2.15. The van der Waals surface area contributed by atoms with Gasteiger partial charge >= 0.3 is 0 Å². The average molecular weight is 295 g/mol. The molecule has 7 nitrogen and oxygen atoms in total. The van der Waals surface area contributed by atoms with E-state index in [1.165, 1.54) is 6.33 Å². The minimum Gasteiger partial charge on any atom is -0.383 e. The van der Waals surface area contributed by atoms with Gasteiger partial charge in [0.1, 0.15) is 24.0 Å². The summed E-state index contributed by atoms with van der Waals surface area (Å²) in [6.07, 6.45) is 2.51. The second-order valence-electron chi connectivity index (χ2n) is 4.77. The fourth-order valence-corrected chi connectivity index (χ4v) is 1.72. The smallest absolute Gasteiger partial charge is 0.242 e. The maximum absolute atomic E-state index is 11.9. The quantitative estimate of drug-likeness (QED) is 0.593. The Kier molecular flexibility index (Phi) is 7.45. The summed E-state index contributed by atoms with van der Waals surface area (Å²) in [5, 5.41) is 9.14. The third-order valence-electron chi connectivity index (χ3n) is 2.98. The second-order valence-corrected chi connectivity index (χ2v) is 4.77. The molecular weight excluding hydrogens is 270 g/mol. The molecule has 1 unspecified atom stereocenters. The molecule has 1 atom stereocenters. The van der Waals surface area contributed by atoms with E-state index in [1.807, 2.05) is 6.92 Å². The van der Waals surface area contributed by atoms with E-state index in [2.05, 4.69) is 32.8 Å². The number of nitrogens with zero attached hydrogens (tertiary/aromatic N) is 2. The summed E-state index contributed by atoms with van der Waals surface area (Å²) in [4.78, 5) is 20.3. The van der Waals surface area contributed by atoms with Gasteiger partial charge in [0, 0.05) is 25.8 Å². The van der Waals surface area contributed by atoms with Crippen LogP contribution in [0.5, 0.6) is 0 Å². The molecule has 0 aliphatic heterocycles. The van der Waals surface area contributed by atoms with Gasteiger partial charge in [0.05, 0.1) is 6.61 Å². The molecule has 0 radical (unpaired) electrons. The number of ether oxygens (including phenoxy) is 1. The standard InChI is InChI=1S/C14H25N5O2/c1-5-6-15-12-10(2)13(18-9-17-12)19-11(3)14(20)16-7-8-21-4/h9,11H,5-8H2,1-4H3,(H,16,20)(H2,15,17,18,19). The van der Waals surface area contributed by atoms with E-state index in [1.54, 1.807) is 14.0 Å². The predicted molar refractivity (Wildman–Crippen MR) is 83.5 cm³/mol. The van der Waals surface area contributed by atoms with E-state index in [0.29, 0.717) is 19.0 Å². The van der Waals surface area contributed by atoms with E-state index in [-0.39, 0.29) is 11.9 Å². The number of aromatic nitrogens is 2. The number of rotatable bonds is 9. The van der Waals surface area contributed by atoms with Crippen LogP contribution in [0.25, 0.3) is 0 Å². The van der Waals surface area contributed by atoms with Crippen LogP contribution in [0.4, 0.5) is 11.6 Å². The van der Waals surface area contributed by atoms with Gasteiger partial charge in [-0.1, -0.05) is 6.92 Å². The first-order chi connectivity index (χ1) is 10.1. The number of amides is 1. The predicted octanol–water partition coefficient (Wildman–Crippen LogP) is 1.17. The molecule has 118 valence electrons. The molecule has 1 heterocycles. The van der Waals surface area contributed by atoms with Crippen LogP contribution in [0.15, 0.2) is 6.33 Å². The molecule has 0 spiro atoms. The largest absolute Gasteiger partial charge is 0.383 e. The van der Waals surface area contributed by atoms with E-state index in [4.69, 9.17) is 4.74 Å². The Labute approximate surface area is 125 Å². The Morgan fingerprint density at radius 2 is 2.05 bits per heavy atom. The van der Waals surface area contributed by atoms with Gasteiger partial charge in [-0.3, -0.25) is 4.79 Å². The van der Waals surface area contributed by atoms with Crippen molar-refractivity contribution in [2.75, 3.05) is 37.4 Å². The lowest BCUT2D eigenvalue weighted by Crippen LogP contribution is -2.39. The highest BCUT2D eigenvalue weighted by Crippen LogP contribution is 2.18. The van der Waals surface area contributed by atoms with E-state index in [0.717, 1.165) is 24.3 Å². The third kappa shape index (κ3) is 5.55. The molecule has 1 aromatic heterocycles. The van der Waals surface area contributed by atoms with Gasteiger partial charge in [-0.15, -0.1) is 0 Å². The first-order valence-corrected chi connectivity index (χ1v) is 7.18. The lowest BCUT2D eigenvalue weighted by Gasteiger charge is -2.17. The third-order valence-corrected chi connectivity index (χ3v) is 2.98. The molecule has 0 saturated heterocycles. The monoisotopic (exact) mass is 295 g/mol. The molecule has 0 aliphatic carbocycles. The Hall–Kier alpha value is -1.89. The second kappa shape index (κ2) is 9.12. The summed E-state index contributed by atoms with van der Waals surface area (Å²) in [5.41, 5.74) is 0.905. The van der Waals surface area contributed by atoms with E-state index >= 15 is 0 Å². The molecular formula is C14H25N5O2. The minimum atomic E-state index is -0.380. The SMILES string of the molecule is CCCNc1ncnc(NC(C)C(=O)NCCOC)c1C. The minimum absolute atomic E-state index is 0.0897. The number of methoxy groups -OCH3 is 1. The van der Waals surface area contributed by atoms with Gasteiger partial charge < -0.3 is 20.7 Å². The average Bonchev–Trinajstić information content (AvgIpc) is 2.48. The van der Waals surface area contributed by atoms with Crippen molar-refractivity contribution in [3.63, 3.8) is 0 Å². The van der Waals surface area contributed by atoms with Crippen LogP contribution < -0.4 is 16.0 Å². The summed E-state index contributed by atoms with van der Waals surface area (Å²) in [6, 6.07) is -0.380. The van der Waals surface area contributed by atoms with Gasteiger partial charge in [-0.25, -0.2) is 9.97 Å². The highest BCUT2D eigenvalue weighted by atomic mass is 16.5. The van der Waals surface area contributed by atoms with E-state index < -0.39 is 0 Å². The zero-order chi connectivity index (χ0) is 15.7. The Morgan fingerprint density at radius 1 is 1.33 bits per heavy atom. The highest BCUT2D eigenvalue weighted by molar-refractivity contribution is 5.84. The van der Waals surface area contributed by atoms with Crippen LogP contribution in [0, 0.1) is 6.92 Å². The number of nitrogens with one attached hydrogen (secondary N) is 3. The first-order valence-electron chi connectivity index (χ1n) is 7.18. The Morgan fingerprint density at radius 3 is 2.71 bits per heavy atom. The molecule has 0 aliphatic rings. The molecule has 0 bridgehead atoms. The van der Waals surface area contributed by atoms with Gasteiger partial charge in [0.2, 0.25) is 5.91 Å². The van der Waals surface area contributed by atoms with Crippen LogP contribution in [0.1, 0.15) is 25.8 Å². The Balaban J connectivity index is 2.63. The maximum Gasteiger partial charge on any atom is 0.242 e. The van der Waals surface area contributed by atoms with Crippen molar-refractivity contribution in [2.45, 2.75) is 33.2 Å². The first kappa shape index (κ1) is 17.2. The normalized spacial score (nSPS) is 11.8. The van der Waals surface area contributed by atoms with E-state index in [9.17, 15) is 4.79 Å². The summed E-state index contributed by atoms with van der Waals surface area (Å²) < 4.78 is 4.90. The fourth-order valence-electron chi connectivity index (χ4n) is 1.72. The number of carbonyl (C=O) groups is 1. The lowest BCUT2D eigenvalue weighted by molar-refractivity contribution is -0.121. The molecule has 21 heavy (non-hydrogen) atoms. The maximum atomic E-state index is 11.9. The molecule has 0 saturated carbocycles. The van der Waals surface area contributed by atoms with Crippen LogP contribution in [-0.2, 0) is 9.53 Å². The lowest BCUT2D eigenvalue weighted by atomic mass is 10.2. The van der Waals surface area contributed by atoms with Crippen LogP contribution >= 0.6 is 0 Å². The van der Waals surface area contributed by atoms with Gasteiger partial charge in [0.15, 0.2) is 0 Å². The topological polar surface area (TPSA) is 88.2 Å². The van der Waals surface area contributed by atoms with Crippen molar-refractivity contribution in [3.8, 4) is 0 Å². The zero-order valence-corrected chi connectivity index (χ0v) is 13.2. The molecule has 1 rings (SSSR count). The van der Waals surface area contributed by atoms with Crippen molar-refractivity contribution >= 4 is 17.5 Å². The molecule has 1 aromatic rings. The van der Waals surface area contributed by atoms with Gasteiger partial charge in [-0.05, 0) is 20.3 Å². The summed E-state index contributed by atoms with van der Waals surface area (Å²) in [7, 11) is 1.60. The van der Waals surface area contributed by atoms with Crippen molar-refractivity contribution in [1.82, 2.24) is 15.3 Å². The van der Waals surface area contributed by atoms with Crippen molar-refractivity contribution < 1.29 is 9.53 Å². The molecule has 7 heteroatoms. The van der Waals surface area contributed by atoms with Crippen molar-refractivity contribution in [3.05, 3.63) is 11.9 Å². The van der Waals surface area contributed by atoms with Gasteiger partial charge in [-0.2, -0.15) is 0 Å². The van der Waals surface area contributed by atoms with Gasteiger partial charge in [0.25, 0.3) is 0 Å². The fraction of sp³-hybridized carbons (Fsp3) is 0.643. The summed E-state index contributed by atoms with van der Waals surface area (Å²) in [5.74, 6) is 1.37. The van der Waals surface area contributed by atoms with Crippen molar-refractivity contribution in [2.24, 2.45) is 0 Å².